The Bertz CT molecular complexity index is 604. The van der Waals surface area contributed by atoms with Crippen LogP contribution >= 0.6 is 0 Å². The van der Waals surface area contributed by atoms with Crippen LogP contribution in [0, 0.1) is 0 Å². The molecule has 1 aromatic carbocycles. The molecule has 2 amide bonds. The van der Waals surface area contributed by atoms with Gasteiger partial charge in [0.1, 0.15) is 0 Å². The van der Waals surface area contributed by atoms with E-state index in [2.05, 4.69) is 27.9 Å². The highest BCUT2D eigenvalue weighted by atomic mass is 16.5. The molecule has 3 rings (SSSR count). The zero-order chi connectivity index (χ0) is 15.9. The van der Waals surface area contributed by atoms with Crippen LogP contribution in [0.2, 0.25) is 0 Å². The van der Waals surface area contributed by atoms with Crippen LogP contribution in [0.15, 0.2) is 42.7 Å². The summed E-state index contributed by atoms with van der Waals surface area (Å²) in [6.07, 6.45) is 6.76. The molecule has 0 aliphatic carbocycles. The third kappa shape index (κ3) is 4.56. The Morgan fingerprint density at radius 2 is 2.17 bits per heavy atom. The van der Waals surface area contributed by atoms with E-state index in [0.29, 0.717) is 13.1 Å². The molecule has 6 nitrogen and oxygen atoms in total. The fourth-order valence-corrected chi connectivity index (χ4v) is 2.63. The molecule has 0 saturated carbocycles. The number of rotatable bonds is 6. The lowest BCUT2D eigenvalue weighted by Gasteiger charge is -2.11. The number of carbonyl (C=O) groups excluding carboxylic acids is 1. The van der Waals surface area contributed by atoms with Crippen molar-refractivity contribution in [3.63, 3.8) is 0 Å². The summed E-state index contributed by atoms with van der Waals surface area (Å²) in [6.45, 7) is 2.01. The third-order valence-electron chi connectivity index (χ3n) is 3.92. The highest BCUT2D eigenvalue weighted by molar-refractivity contribution is 5.73. The first-order chi connectivity index (χ1) is 11.3. The molecule has 1 aromatic heterocycles. The first-order valence-electron chi connectivity index (χ1n) is 8.03. The van der Waals surface area contributed by atoms with Crippen LogP contribution in [0.25, 0.3) is 5.69 Å². The summed E-state index contributed by atoms with van der Waals surface area (Å²) >= 11 is 0. The minimum atomic E-state index is -0.131. The van der Waals surface area contributed by atoms with Crippen molar-refractivity contribution in [1.82, 2.24) is 20.4 Å². The average Bonchev–Trinajstić information content (AvgIpc) is 3.27. The number of ether oxygens (including phenoxy) is 1. The highest BCUT2D eigenvalue weighted by Crippen LogP contribution is 2.10. The SMILES string of the molecule is O=C(NCCc1ccc(-n2cccn2)cc1)NC[C@@H]1CCCO1. The second-order valence-electron chi connectivity index (χ2n) is 5.64. The summed E-state index contributed by atoms with van der Waals surface area (Å²) in [4.78, 5) is 11.7. The van der Waals surface area contributed by atoms with Gasteiger partial charge in [0.2, 0.25) is 0 Å². The standard InChI is InChI=1S/C17H22N4O2/c22-17(19-13-16-3-1-12-23-16)18-10-8-14-4-6-15(7-5-14)21-11-2-9-20-21/h2,4-7,9,11,16H,1,3,8,10,12-13H2,(H2,18,19,22)/t16-/m0/s1. The summed E-state index contributed by atoms with van der Waals surface area (Å²) in [5.74, 6) is 0. The number of urea groups is 1. The van der Waals surface area contributed by atoms with Gasteiger partial charge in [-0.05, 0) is 43.0 Å². The van der Waals surface area contributed by atoms with Gasteiger partial charge in [0.05, 0.1) is 11.8 Å². The largest absolute Gasteiger partial charge is 0.376 e. The fourth-order valence-electron chi connectivity index (χ4n) is 2.63. The van der Waals surface area contributed by atoms with E-state index in [1.54, 1.807) is 6.20 Å². The van der Waals surface area contributed by atoms with Gasteiger partial charge in [-0.2, -0.15) is 5.10 Å². The van der Waals surface area contributed by atoms with Crippen molar-refractivity contribution in [2.75, 3.05) is 19.7 Å². The summed E-state index contributed by atoms with van der Waals surface area (Å²) in [5, 5.41) is 9.92. The highest BCUT2D eigenvalue weighted by Gasteiger charge is 2.15. The number of amides is 2. The lowest BCUT2D eigenvalue weighted by molar-refractivity contribution is 0.111. The number of aromatic nitrogens is 2. The number of carbonyl (C=O) groups is 1. The Hall–Kier alpha value is -2.34. The topological polar surface area (TPSA) is 68.2 Å². The van der Waals surface area contributed by atoms with Gasteiger partial charge in [-0.3, -0.25) is 0 Å². The average molecular weight is 314 g/mol. The van der Waals surface area contributed by atoms with E-state index in [1.807, 2.05) is 29.1 Å². The Balaban J connectivity index is 1.37. The molecule has 0 bridgehead atoms. The number of nitrogens with zero attached hydrogens (tertiary/aromatic N) is 2. The summed E-state index contributed by atoms with van der Waals surface area (Å²) in [5.41, 5.74) is 2.21. The number of hydrogen-bond donors (Lipinski definition) is 2. The second kappa shape index (κ2) is 7.78. The van der Waals surface area contributed by atoms with Gasteiger partial charge in [0.25, 0.3) is 0 Å². The predicted octanol–water partition coefficient (Wildman–Crippen LogP) is 1.89. The molecule has 122 valence electrons. The Morgan fingerprint density at radius 1 is 1.30 bits per heavy atom. The number of benzene rings is 1. The molecule has 1 aliphatic heterocycles. The Morgan fingerprint density at radius 3 is 2.87 bits per heavy atom. The molecule has 2 aromatic rings. The third-order valence-corrected chi connectivity index (χ3v) is 3.92. The van der Waals surface area contributed by atoms with Crippen molar-refractivity contribution in [3.8, 4) is 5.69 Å². The number of nitrogens with one attached hydrogen (secondary N) is 2. The normalized spacial score (nSPS) is 17.1. The zero-order valence-corrected chi connectivity index (χ0v) is 13.1. The maximum absolute atomic E-state index is 11.7. The van der Waals surface area contributed by atoms with Crippen molar-refractivity contribution in [2.45, 2.75) is 25.4 Å². The van der Waals surface area contributed by atoms with Crippen LogP contribution in [0.1, 0.15) is 18.4 Å². The number of hydrogen-bond acceptors (Lipinski definition) is 3. The maximum Gasteiger partial charge on any atom is 0.314 e. The lowest BCUT2D eigenvalue weighted by Crippen LogP contribution is -2.40. The van der Waals surface area contributed by atoms with Crippen molar-refractivity contribution in [2.24, 2.45) is 0 Å². The van der Waals surface area contributed by atoms with Crippen LogP contribution < -0.4 is 10.6 Å². The van der Waals surface area contributed by atoms with E-state index in [9.17, 15) is 4.79 Å². The van der Waals surface area contributed by atoms with Gasteiger partial charge in [0, 0.05) is 32.1 Å². The van der Waals surface area contributed by atoms with Crippen LogP contribution in [-0.2, 0) is 11.2 Å². The van der Waals surface area contributed by atoms with Crippen molar-refractivity contribution in [1.29, 1.82) is 0 Å². The van der Waals surface area contributed by atoms with Gasteiger partial charge in [0.15, 0.2) is 0 Å². The van der Waals surface area contributed by atoms with Gasteiger partial charge in [-0.15, -0.1) is 0 Å². The zero-order valence-electron chi connectivity index (χ0n) is 13.1. The molecule has 1 aliphatic rings. The van der Waals surface area contributed by atoms with E-state index in [0.717, 1.165) is 31.6 Å². The van der Waals surface area contributed by atoms with E-state index in [4.69, 9.17) is 4.74 Å². The van der Waals surface area contributed by atoms with Crippen molar-refractivity contribution < 1.29 is 9.53 Å². The molecule has 1 saturated heterocycles. The minimum absolute atomic E-state index is 0.131. The Labute approximate surface area is 135 Å². The molecule has 0 radical (unpaired) electrons. The second-order valence-corrected chi connectivity index (χ2v) is 5.64. The molecule has 6 heteroatoms. The quantitative estimate of drug-likeness (QED) is 0.855. The maximum atomic E-state index is 11.7. The first kappa shape index (κ1) is 15.6. The van der Waals surface area contributed by atoms with Gasteiger partial charge in [-0.25, -0.2) is 9.48 Å². The smallest absolute Gasteiger partial charge is 0.314 e. The summed E-state index contributed by atoms with van der Waals surface area (Å²) < 4.78 is 7.29. The van der Waals surface area contributed by atoms with Crippen molar-refractivity contribution >= 4 is 6.03 Å². The Kier molecular flexibility index (Phi) is 5.26. The van der Waals surface area contributed by atoms with E-state index >= 15 is 0 Å². The molecular weight excluding hydrogens is 292 g/mol. The van der Waals surface area contributed by atoms with Gasteiger partial charge >= 0.3 is 6.03 Å². The van der Waals surface area contributed by atoms with Gasteiger partial charge in [-0.1, -0.05) is 12.1 Å². The molecule has 1 atom stereocenters. The van der Waals surface area contributed by atoms with E-state index in [-0.39, 0.29) is 12.1 Å². The molecular formula is C17H22N4O2. The first-order valence-corrected chi connectivity index (χ1v) is 8.03. The van der Waals surface area contributed by atoms with E-state index in [1.165, 1.54) is 5.56 Å². The minimum Gasteiger partial charge on any atom is -0.376 e. The van der Waals surface area contributed by atoms with Crippen LogP contribution in [0.3, 0.4) is 0 Å². The van der Waals surface area contributed by atoms with E-state index < -0.39 is 0 Å². The summed E-state index contributed by atoms with van der Waals surface area (Å²) in [6, 6.07) is 9.94. The molecule has 2 N–H and O–H groups in total. The predicted molar refractivity (Wildman–Crippen MR) is 87.6 cm³/mol. The van der Waals surface area contributed by atoms with Gasteiger partial charge < -0.3 is 15.4 Å². The molecule has 23 heavy (non-hydrogen) atoms. The molecule has 1 fully saturated rings. The van der Waals surface area contributed by atoms with Crippen LogP contribution in [-0.4, -0.2) is 41.6 Å². The fraction of sp³-hybridized carbons (Fsp3) is 0.412. The summed E-state index contributed by atoms with van der Waals surface area (Å²) in [7, 11) is 0. The van der Waals surface area contributed by atoms with Crippen LogP contribution in [0.5, 0.6) is 0 Å². The van der Waals surface area contributed by atoms with Crippen LogP contribution in [0.4, 0.5) is 4.79 Å². The monoisotopic (exact) mass is 314 g/mol. The molecule has 0 unspecified atom stereocenters. The molecule has 0 spiro atoms. The van der Waals surface area contributed by atoms with Crippen molar-refractivity contribution in [3.05, 3.63) is 48.3 Å². The molecule has 2 heterocycles. The lowest BCUT2D eigenvalue weighted by atomic mass is 10.1.